The minimum absolute atomic E-state index is 0.0131. The lowest BCUT2D eigenvalue weighted by molar-refractivity contribution is -0.385. The van der Waals surface area contributed by atoms with Gasteiger partial charge in [-0.2, -0.15) is 8.42 Å². The monoisotopic (exact) mass is 312 g/mol. The van der Waals surface area contributed by atoms with Gasteiger partial charge in [-0.3, -0.25) is 14.3 Å². The number of hydrogen-bond donors (Lipinski definition) is 0. The molecular formula is C13H16N2O5S. The van der Waals surface area contributed by atoms with Crippen molar-refractivity contribution in [2.45, 2.75) is 12.8 Å². The first-order valence-electron chi connectivity index (χ1n) is 6.35. The van der Waals surface area contributed by atoms with E-state index in [1.165, 1.54) is 6.07 Å². The summed E-state index contributed by atoms with van der Waals surface area (Å²) < 4.78 is 28.3. The number of rotatable bonds is 6. The summed E-state index contributed by atoms with van der Waals surface area (Å²) in [4.78, 5) is 10.7. The van der Waals surface area contributed by atoms with Gasteiger partial charge in [0.15, 0.2) is 0 Å². The van der Waals surface area contributed by atoms with Crippen molar-refractivity contribution in [2.24, 2.45) is 7.05 Å². The Balaban J connectivity index is 2.27. The predicted molar refractivity (Wildman–Crippen MR) is 78.7 cm³/mol. The van der Waals surface area contributed by atoms with Crippen LogP contribution >= 0.6 is 0 Å². The standard InChI is InChI=1S/C13H16N2O5S/c1-14-8-7-11-10(4-3-9-20-21(2,18)19)13(15(16)17)6-5-12(11)14/h5-8H,3-4,9H2,1-2H3. The van der Waals surface area contributed by atoms with E-state index in [4.69, 9.17) is 0 Å². The SMILES string of the molecule is Cn1ccc2c(CCCOS(C)(=O)=O)c([N+](=O)[O-])ccc21. The first kappa shape index (κ1) is 15.5. The molecule has 0 bridgehead atoms. The Kier molecular flexibility index (Phi) is 4.29. The van der Waals surface area contributed by atoms with E-state index in [2.05, 4.69) is 4.18 Å². The molecule has 0 aliphatic heterocycles. The van der Waals surface area contributed by atoms with Crippen LogP contribution in [0, 0.1) is 10.1 Å². The first-order valence-corrected chi connectivity index (χ1v) is 8.17. The van der Waals surface area contributed by atoms with Crippen LogP contribution in [-0.4, -0.2) is 30.8 Å². The average molecular weight is 312 g/mol. The second-order valence-corrected chi connectivity index (χ2v) is 6.45. The molecule has 1 aromatic heterocycles. The Labute approximate surface area is 122 Å². The average Bonchev–Trinajstić information content (AvgIpc) is 2.75. The molecule has 0 saturated carbocycles. The van der Waals surface area contributed by atoms with E-state index in [-0.39, 0.29) is 12.3 Å². The Morgan fingerprint density at radius 2 is 2.05 bits per heavy atom. The summed E-state index contributed by atoms with van der Waals surface area (Å²) in [7, 11) is -1.62. The molecule has 2 rings (SSSR count). The second kappa shape index (κ2) is 5.82. The Hall–Kier alpha value is -1.93. The van der Waals surface area contributed by atoms with Gasteiger partial charge in [0.05, 0.1) is 17.8 Å². The minimum Gasteiger partial charge on any atom is -0.351 e. The van der Waals surface area contributed by atoms with E-state index in [1.807, 2.05) is 23.9 Å². The molecule has 0 aliphatic rings. The fourth-order valence-electron chi connectivity index (χ4n) is 2.29. The number of hydrogen-bond acceptors (Lipinski definition) is 5. The van der Waals surface area contributed by atoms with Crippen molar-refractivity contribution in [2.75, 3.05) is 12.9 Å². The van der Waals surface area contributed by atoms with Crippen LogP contribution in [0.25, 0.3) is 10.9 Å². The Morgan fingerprint density at radius 1 is 1.33 bits per heavy atom. The third-order valence-electron chi connectivity index (χ3n) is 3.22. The highest BCUT2D eigenvalue weighted by atomic mass is 32.2. The number of aryl methyl sites for hydroxylation is 2. The van der Waals surface area contributed by atoms with Gasteiger partial charge in [-0.05, 0) is 25.0 Å². The maximum Gasteiger partial charge on any atom is 0.273 e. The van der Waals surface area contributed by atoms with Crippen molar-refractivity contribution in [1.82, 2.24) is 4.57 Å². The molecule has 0 aliphatic carbocycles. The largest absolute Gasteiger partial charge is 0.351 e. The number of nitrogens with zero attached hydrogens (tertiary/aromatic N) is 2. The molecule has 21 heavy (non-hydrogen) atoms. The normalized spacial score (nSPS) is 11.9. The van der Waals surface area contributed by atoms with Gasteiger partial charge in [-0.15, -0.1) is 0 Å². The van der Waals surface area contributed by atoms with Gasteiger partial charge in [0.1, 0.15) is 0 Å². The van der Waals surface area contributed by atoms with Crippen molar-refractivity contribution >= 4 is 26.7 Å². The molecule has 7 nitrogen and oxygen atoms in total. The molecule has 114 valence electrons. The van der Waals surface area contributed by atoms with Gasteiger partial charge in [0.25, 0.3) is 15.8 Å². The van der Waals surface area contributed by atoms with E-state index in [9.17, 15) is 18.5 Å². The number of nitro benzene ring substituents is 1. The summed E-state index contributed by atoms with van der Waals surface area (Å²) in [6, 6.07) is 5.02. The van der Waals surface area contributed by atoms with Crippen LogP contribution in [0.15, 0.2) is 24.4 Å². The zero-order chi connectivity index (χ0) is 15.6. The van der Waals surface area contributed by atoms with Crippen LogP contribution < -0.4 is 0 Å². The lowest BCUT2D eigenvalue weighted by Crippen LogP contribution is -2.05. The molecule has 0 amide bonds. The summed E-state index contributed by atoms with van der Waals surface area (Å²) in [5.74, 6) is 0. The molecule has 0 unspecified atom stereocenters. The summed E-state index contributed by atoms with van der Waals surface area (Å²) in [5.41, 5.74) is 1.56. The molecule has 8 heteroatoms. The molecular weight excluding hydrogens is 296 g/mol. The third-order valence-corrected chi connectivity index (χ3v) is 3.81. The van der Waals surface area contributed by atoms with E-state index in [0.717, 1.165) is 17.2 Å². The van der Waals surface area contributed by atoms with Crippen molar-refractivity contribution in [3.05, 3.63) is 40.1 Å². The molecule has 1 heterocycles. The molecule has 0 saturated heterocycles. The number of fused-ring (bicyclic) bond motifs is 1. The van der Waals surface area contributed by atoms with E-state index in [0.29, 0.717) is 18.4 Å². The minimum atomic E-state index is -3.48. The van der Waals surface area contributed by atoms with Gasteiger partial charge in [0, 0.05) is 35.8 Å². The van der Waals surface area contributed by atoms with Gasteiger partial charge >= 0.3 is 0 Å². The van der Waals surface area contributed by atoms with Crippen LogP contribution in [0.5, 0.6) is 0 Å². The predicted octanol–water partition coefficient (Wildman–Crippen LogP) is 2.00. The van der Waals surface area contributed by atoms with Crippen molar-refractivity contribution < 1.29 is 17.5 Å². The second-order valence-electron chi connectivity index (χ2n) is 4.81. The van der Waals surface area contributed by atoms with Crippen LogP contribution in [-0.2, 0) is 27.8 Å². The van der Waals surface area contributed by atoms with Gasteiger partial charge in [-0.1, -0.05) is 0 Å². The number of aromatic nitrogens is 1. The summed E-state index contributed by atoms with van der Waals surface area (Å²) in [6.45, 7) is 0.0131. The topological polar surface area (TPSA) is 91.4 Å². The van der Waals surface area contributed by atoms with Gasteiger partial charge < -0.3 is 4.57 Å². The van der Waals surface area contributed by atoms with Crippen molar-refractivity contribution in [3.8, 4) is 0 Å². The fraction of sp³-hybridized carbons (Fsp3) is 0.385. The highest BCUT2D eigenvalue weighted by Gasteiger charge is 2.18. The van der Waals surface area contributed by atoms with Gasteiger partial charge in [0.2, 0.25) is 0 Å². The fourth-order valence-corrected chi connectivity index (χ4v) is 2.71. The maximum atomic E-state index is 11.1. The zero-order valence-corrected chi connectivity index (χ0v) is 12.6. The lowest BCUT2D eigenvalue weighted by Gasteiger charge is -2.06. The highest BCUT2D eigenvalue weighted by molar-refractivity contribution is 7.85. The van der Waals surface area contributed by atoms with Gasteiger partial charge in [-0.25, -0.2) is 0 Å². The molecule has 0 spiro atoms. The van der Waals surface area contributed by atoms with E-state index < -0.39 is 15.0 Å². The Morgan fingerprint density at radius 3 is 2.67 bits per heavy atom. The summed E-state index contributed by atoms with van der Waals surface area (Å²) >= 11 is 0. The van der Waals surface area contributed by atoms with Crippen LogP contribution in [0.2, 0.25) is 0 Å². The molecule has 2 aromatic rings. The van der Waals surface area contributed by atoms with Crippen molar-refractivity contribution in [3.63, 3.8) is 0 Å². The van der Waals surface area contributed by atoms with E-state index >= 15 is 0 Å². The summed E-state index contributed by atoms with van der Waals surface area (Å²) in [6.07, 6.45) is 3.59. The first-order chi connectivity index (χ1) is 9.79. The number of benzene rings is 1. The lowest BCUT2D eigenvalue weighted by atomic mass is 10.0. The molecule has 0 atom stereocenters. The van der Waals surface area contributed by atoms with Crippen LogP contribution in [0.1, 0.15) is 12.0 Å². The molecule has 0 N–H and O–H groups in total. The van der Waals surface area contributed by atoms with Crippen LogP contribution in [0.3, 0.4) is 0 Å². The van der Waals surface area contributed by atoms with E-state index in [1.54, 1.807) is 6.07 Å². The molecule has 1 aromatic carbocycles. The third kappa shape index (κ3) is 3.59. The molecule has 0 radical (unpaired) electrons. The maximum absolute atomic E-state index is 11.1. The molecule has 0 fully saturated rings. The van der Waals surface area contributed by atoms with Crippen molar-refractivity contribution in [1.29, 1.82) is 0 Å². The van der Waals surface area contributed by atoms with Crippen LogP contribution in [0.4, 0.5) is 5.69 Å². The quantitative estimate of drug-likeness (QED) is 0.352. The smallest absolute Gasteiger partial charge is 0.273 e. The zero-order valence-electron chi connectivity index (χ0n) is 11.8. The number of nitro groups is 1. The summed E-state index contributed by atoms with van der Waals surface area (Å²) in [5, 5.41) is 11.9. The highest BCUT2D eigenvalue weighted by Crippen LogP contribution is 2.29. The Bertz CT molecular complexity index is 779.